The van der Waals surface area contributed by atoms with Gasteiger partial charge in [-0.3, -0.25) is 14.4 Å². The van der Waals surface area contributed by atoms with Crippen molar-refractivity contribution in [3.63, 3.8) is 0 Å². The maximum atomic E-state index is 12.1. The molecule has 0 bridgehead atoms. The number of esters is 1. The Kier molecular flexibility index (Phi) is 18.8. The van der Waals surface area contributed by atoms with Crippen LogP contribution < -0.4 is 5.32 Å². The molecule has 8 nitrogen and oxygen atoms in total. The van der Waals surface area contributed by atoms with Crippen LogP contribution in [0.4, 0.5) is 0 Å². The molecule has 2 N–H and O–H groups in total. The lowest BCUT2D eigenvalue weighted by atomic mass is 10.1. The van der Waals surface area contributed by atoms with Gasteiger partial charge in [-0.05, 0) is 12.8 Å². The summed E-state index contributed by atoms with van der Waals surface area (Å²) in [6, 6.07) is 0. The zero-order chi connectivity index (χ0) is 25.6. The van der Waals surface area contributed by atoms with Gasteiger partial charge in [0.05, 0.1) is 25.3 Å². The Hall–Kier alpha value is -2.03. The zero-order valence-electron chi connectivity index (χ0n) is 21.4. The fourth-order valence-electron chi connectivity index (χ4n) is 3.65. The second kappa shape index (κ2) is 21.3. The highest BCUT2D eigenvalue weighted by Gasteiger charge is 2.21. The number of aromatic nitrogens is 2. The summed E-state index contributed by atoms with van der Waals surface area (Å²) in [4.78, 5) is 39.4. The van der Waals surface area contributed by atoms with Gasteiger partial charge in [-0.2, -0.15) is 11.8 Å². The zero-order valence-corrected chi connectivity index (χ0v) is 22.2. The highest BCUT2D eigenvalue weighted by Crippen LogP contribution is 2.15. The van der Waals surface area contributed by atoms with Gasteiger partial charge in [0.2, 0.25) is 5.91 Å². The molecule has 0 aliphatic heterocycles. The van der Waals surface area contributed by atoms with E-state index in [0.717, 1.165) is 25.8 Å². The predicted molar refractivity (Wildman–Crippen MR) is 140 cm³/mol. The van der Waals surface area contributed by atoms with E-state index in [4.69, 9.17) is 4.74 Å². The number of carbonyl (C=O) groups excluding carboxylic acids is 2. The molecule has 0 aliphatic carbocycles. The number of hydrogen-bond acceptors (Lipinski definition) is 6. The summed E-state index contributed by atoms with van der Waals surface area (Å²) in [5, 5.41) is 12.2. The van der Waals surface area contributed by atoms with Crippen molar-refractivity contribution in [3.05, 3.63) is 18.7 Å². The second-order valence-corrected chi connectivity index (χ2v) is 10.1. The molecule has 1 heterocycles. The lowest BCUT2D eigenvalue weighted by Gasteiger charge is -2.12. The standard InChI is InChI=1S/C26H45N3O5S/c1-2-3-4-5-6-7-8-9-10-11-18-34-25(31)13-19-35-21-23(26(32)33)20-24(30)28-14-12-16-29-17-15-27-22-29/h15,17,22-23H,2-14,16,18-21H2,1H3,(H,28,30)(H,32,33). The van der Waals surface area contributed by atoms with Crippen molar-refractivity contribution < 1.29 is 24.2 Å². The smallest absolute Gasteiger partial charge is 0.307 e. The largest absolute Gasteiger partial charge is 0.481 e. The van der Waals surface area contributed by atoms with Gasteiger partial charge in [-0.15, -0.1) is 0 Å². The topological polar surface area (TPSA) is 111 Å². The van der Waals surface area contributed by atoms with Crippen molar-refractivity contribution in [1.29, 1.82) is 0 Å². The van der Waals surface area contributed by atoms with E-state index in [9.17, 15) is 19.5 Å². The van der Waals surface area contributed by atoms with E-state index in [1.165, 1.54) is 63.1 Å². The Bertz CT molecular complexity index is 685. The molecule has 0 saturated heterocycles. The molecular formula is C26H45N3O5S. The molecule has 0 radical (unpaired) electrons. The third-order valence-electron chi connectivity index (χ3n) is 5.79. The number of rotatable bonds is 23. The summed E-state index contributed by atoms with van der Waals surface area (Å²) in [7, 11) is 0. The molecule has 1 amide bonds. The van der Waals surface area contributed by atoms with E-state index < -0.39 is 11.9 Å². The fraction of sp³-hybridized carbons (Fsp3) is 0.769. The number of carboxylic acid groups (broad SMARTS) is 1. The van der Waals surface area contributed by atoms with Crippen LogP contribution in [0.2, 0.25) is 0 Å². The number of imidazole rings is 1. The quantitative estimate of drug-likeness (QED) is 0.156. The molecule has 1 aromatic rings. The van der Waals surface area contributed by atoms with Gasteiger partial charge in [-0.25, -0.2) is 4.98 Å². The Morgan fingerprint density at radius 2 is 1.71 bits per heavy atom. The minimum absolute atomic E-state index is 0.0589. The number of nitrogens with zero attached hydrogens (tertiary/aromatic N) is 2. The number of aryl methyl sites for hydroxylation is 1. The van der Waals surface area contributed by atoms with Gasteiger partial charge in [0.15, 0.2) is 0 Å². The van der Waals surface area contributed by atoms with Gasteiger partial charge < -0.3 is 19.7 Å². The van der Waals surface area contributed by atoms with Gasteiger partial charge in [0, 0.05) is 43.4 Å². The van der Waals surface area contributed by atoms with E-state index in [2.05, 4.69) is 17.2 Å². The average molecular weight is 512 g/mol. The van der Waals surface area contributed by atoms with Crippen LogP contribution in [0.3, 0.4) is 0 Å². The average Bonchev–Trinajstić information content (AvgIpc) is 3.35. The van der Waals surface area contributed by atoms with E-state index in [1.54, 1.807) is 12.5 Å². The van der Waals surface area contributed by atoms with Gasteiger partial charge in [-0.1, -0.05) is 64.7 Å². The lowest BCUT2D eigenvalue weighted by molar-refractivity contribution is -0.143. The normalized spacial score (nSPS) is 11.8. The number of unbranched alkanes of at least 4 members (excludes halogenated alkanes) is 9. The number of carboxylic acids is 1. The summed E-state index contributed by atoms with van der Waals surface area (Å²) in [5.74, 6) is -1.47. The third-order valence-corrected chi connectivity index (χ3v) is 6.92. The molecule has 0 fully saturated rings. The molecule has 1 unspecified atom stereocenters. The predicted octanol–water partition coefficient (Wildman–Crippen LogP) is 5.07. The van der Waals surface area contributed by atoms with Crippen LogP contribution in [-0.2, 0) is 25.7 Å². The lowest BCUT2D eigenvalue weighted by Crippen LogP contribution is -2.30. The molecule has 1 aromatic heterocycles. The summed E-state index contributed by atoms with van der Waals surface area (Å²) in [6.45, 7) is 3.92. The fourth-order valence-corrected chi connectivity index (χ4v) is 4.67. The van der Waals surface area contributed by atoms with Crippen LogP contribution in [0.25, 0.3) is 0 Å². The van der Waals surface area contributed by atoms with Crippen LogP contribution in [0.15, 0.2) is 18.7 Å². The van der Waals surface area contributed by atoms with Gasteiger partial charge in [0.25, 0.3) is 0 Å². The number of aliphatic carboxylic acids is 1. The number of hydrogen-bond donors (Lipinski definition) is 2. The number of amides is 1. The van der Waals surface area contributed by atoms with Crippen molar-refractivity contribution in [3.8, 4) is 0 Å². The number of thioether (sulfide) groups is 1. The molecule has 200 valence electrons. The van der Waals surface area contributed by atoms with E-state index in [-0.39, 0.29) is 24.7 Å². The highest BCUT2D eigenvalue weighted by atomic mass is 32.2. The van der Waals surface area contributed by atoms with Gasteiger partial charge >= 0.3 is 11.9 Å². The maximum Gasteiger partial charge on any atom is 0.307 e. The molecular weight excluding hydrogens is 466 g/mol. The molecule has 0 aliphatic rings. The summed E-state index contributed by atoms with van der Waals surface area (Å²) in [6.07, 6.45) is 18.6. The number of carbonyl (C=O) groups is 3. The van der Waals surface area contributed by atoms with Crippen molar-refractivity contribution in [2.24, 2.45) is 5.92 Å². The van der Waals surface area contributed by atoms with Crippen LogP contribution in [0.5, 0.6) is 0 Å². The maximum absolute atomic E-state index is 12.1. The van der Waals surface area contributed by atoms with Crippen LogP contribution in [-0.4, -0.2) is 57.2 Å². The molecule has 1 rings (SSSR count). The highest BCUT2D eigenvalue weighted by molar-refractivity contribution is 7.99. The first-order valence-electron chi connectivity index (χ1n) is 13.2. The third kappa shape index (κ3) is 18.0. The van der Waals surface area contributed by atoms with Crippen LogP contribution in [0.1, 0.15) is 90.4 Å². The minimum Gasteiger partial charge on any atom is -0.481 e. The Labute approximate surface area is 215 Å². The Balaban J connectivity index is 1.99. The first kappa shape index (κ1) is 31.0. The van der Waals surface area contributed by atoms with Crippen molar-refractivity contribution in [2.75, 3.05) is 24.7 Å². The SMILES string of the molecule is CCCCCCCCCCCCOC(=O)CCSCC(CC(=O)NCCCn1ccnc1)C(=O)O. The number of ether oxygens (including phenoxy) is 1. The first-order valence-corrected chi connectivity index (χ1v) is 14.4. The van der Waals surface area contributed by atoms with E-state index in [0.29, 0.717) is 24.7 Å². The monoisotopic (exact) mass is 511 g/mol. The molecule has 0 saturated carbocycles. The molecule has 0 spiro atoms. The van der Waals surface area contributed by atoms with E-state index in [1.807, 2.05) is 10.8 Å². The van der Waals surface area contributed by atoms with Crippen LogP contribution >= 0.6 is 11.8 Å². The Morgan fingerprint density at radius 3 is 2.34 bits per heavy atom. The van der Waals surface area contributed by atoms with Crippen molar-refractivity contribution in [2.45, 2.75) is 96.9 Å². The van der Waals surface area contributed by atoms with Crippen LogP contribution in [0, 0.1) is 5.92 Å². The summed E-state index contributed by atoms with van der Waals surface area (Å²) >= 11 is 1.37. The summed E-state index contributed by atoms with van der Waals surface area (Å²) in [5.41, 5.74) is 0. The van der Waals surface area contributed by atoms with Gasteiger partial charge in [0.1, 0.15) is 0 Å². The molecule has 1 atom stereocenters. The van der Waals surface area contributed by atoms with Crippen molar-refractivity contribution in [1.82, 2.24) is 14.9 Å². The second-order valence-electron chi connectivity index (χ2n) is 8.97. The first-order chi connectivity index (χ1) is 17.0. The Morgan fingerprint density at radius 1 is 1.03 bits per heavy atom. The molecule has 35 heavy (non-hydrogen) atoms. The molecule has 0 aromatic carbocycles. The van der Waals surface area contributed by atoms with E-state index >= 15 is 0 Å². The molecule has 9 heteroatoms. The summed E-state index contributed by atoms with van der Waals surface area (Å²) < 4.78 is 7.20. The number of nitrogens with one attached hydrogen (secondary N) is 1. The minimum atomic E-state index is -0.991. The van der Waals surface area contributed by atoms with Crippen molar-refractivity contribution >= 4 is 29.6 Å².